The van der Waals surface area contributed by atoms with Gasteiger partial charge in [-0.25, -0.2) is 23.1 Å². The number of hydrogen-bond donors (Lipinski definition) is 2. The van der Waals surface area contributed by atoms with Gasteiger partial charge < -0.3 is 10.1 Å². The fourth-order valence-electron chi connectivity index (χ4n) is 1.71. The Labute approximate surface area is 123 Å². The first kappa shape index (κ1) is 15.2. The molecule has 0 fully saturated rings. The molecule has 0 amide bonds. The van der Waals surface area contributed by atoms with Gasteiger partial charge in [-0.05, 0) is 23.8 Å². The van der Waals surface area contributed by atoms with Gasteiger partial charge in [0.1, 0.15) is 0 Å². The third-order valence-corrected chi connectivity index (χ3v) is 4.13. The number of aromatic nitrogens is 2. The molecular formula is C13H16N4O3S. The number of hydrogen-bond acceptors (Lipinski definition) is 6. The number of pyridine rings is 2. The minimum atomic E-state index is -3.71. The summed E-state index contributed by atoms with van der Waals surface area (Å²) < 4.78 is 32.1. The second-order valence-electron chi connectivity index (χ2n) is 4.14. The predicted octanol–water partition coefficient (Wildman–Crippen LogP) is 1.01. The summed E-state index contributed by atoms with van der Waals surface area (Å²) in [5.74, 6) is 0.431. The Morgan fingerprint density at radius 3 is 2.76 bits per heavy atom. The predicted molar refractivity (Wildman–Crippen MR) is 78.6 cm³/mol. The molecule has 0 aliphatic rings. The molecule has 2 N–H and O–H groups in total. The van der Waals surface area contributed by atoms with Gasteiger partial charge in [-0.2, -0.15) is 0 Å². The van der Waals surface area contributed by atoms with Gasteiger partial charge in [0.25, 0.3) is 10.0 Å². The van der Waals surface area contributed by atoms with Gasteiger partial charge >= 0.3 is 0 Å². The van der Waals surface area contributed by atoms with Crippen LogP contribution < -0.4 is 14.8 Å². The van der Waals surface area contributed by atoms with Crippen LogP contribution in [-0.2, 0) is 16.6 Å². The van der Waals surface area contributed by atoms with Crippen molar-refractivity contribution >= 4 is 15.7 Å². The maximum Gasteiger partial charge on any atom is 0.260 e. The lowest BCUT2D eigenvalue weighted by Crippen LogP contribution is -2.25. The largest absolute Gasteiger partial charge is 0.481 e. The average molecular weight is 308 g/mol. The number of rotatable bonds is 6. The molecule has 0 bridgehead atoms. The van der Waals surface area contributed by atoms with E-state index in [9.17, 15) is 8.42 Å². The van der Waals surface area contributed by atoms with E-state index in [0.717, 1.165) is 5.56 Å². The third kappa shape index (κ3) is 3.67. The van der Waals surface area contributed by atoms with Crippen LogP contribution in [0.3, 0.4) is 0 Å². The van der Waals surface area contributed by atoms with Crippen molar-refractivity contribution in [3.05, 3.63) is 42.2 Å². The first-order valence-corrected chi connectivity index (χ1v) is 7.66. The molecule has 2 aromatic rings. The number of ether oxygens (including phenoxy) is 1. The summed E-state index contributed by atoms with van der Waals surface area (Å²) in [5, 5.41) is 2.77. The van der Waals surface area contributed by atoms with Crippen molar-refractivity contribution in [2.75, 3.05) is 19.5 Å². The van der Waals surface area contributed by atoms with Gasteiger partial charge in [-0.1, -0.05) is 0 Å². The van der Waals surface area contributed by atoms with Crippen LogP contribution >= 0.6 is 0 Å². The molecule has 0 saturated carbocycles. The smallest absolute Gasteiger partial charge is 0.260 e. The average Bonchev–Trinajstić information content (AvgIpc) is 2.53. The van der Waals surface area contributed by atoms with Crippen molar-refractivity contribution in [3.63, 3.8) is 0 Å². The normalized spacial score (nSPS) is 11.1. The molecule has 0 radical (unpaired) electrons. The Balaban J connectivity index is 2.18. The standard InChI is InChI=1S/C13H16N4O3S/c1-14-11-4-3-6-16-13(11)21(18,19)17-9-10-5-7-15-12(8-10)20-2/h3-8,14,17H,9H2,1-2H3. The van der Waals surface area contributed by atoms with Crippen LogP contribution in [0.15, 0.2) is 41.7 Å². The zero-order valence-corrected chi connectivity index (χ0v) is 12.5. The van der Waals surface area contributed by atoms with Crippen LogP contribution in [0.2, 0.25) is 0 Å². The molecule has 0 atom stereocenters. The lowest BCUT2D eigenvalue weighted by Gasteiger charge is -2.10. The van der Waals surface area contributed by atoms with E-state index in [0.29, 0.717) is 11.6 Å². The highest BCUT2D eigenvalue weighted by Gasteiger charge is 2.19. The summed E-state index contributed by atoms with van der Waals surface area (Å²) in [4.78, 5) is 7.88. The van der Waals surface area contributed by atoms with Crippen molar-refractivity contribution in [2.45, 2.75) is 11.6 Å². The molecule has 0 aliphatic heterocycles. The molecule has 0 saturated heterocycles. The topological polar surface area (TPSA) is 93.2 Å². The van der Waals surface area contributed by atoms with E-state index in [-0.39, 0.29) is 11.6 Å². The van der Waals surface area contributed by atoms with Crippen LogP contribution in [-0.4, -0.2) is 32.5 Å². The zero-order chi connectivity index (χ0) is 15.3. The summed E-state index contributed by atoms with van der Waals surface area (Å²) in [5.41, 5.74) is 1.18. The van der Waals surface area contributed by atoms with Crippen molar-refractivity contribution in [2.24, 2.45) is 0 Å². The quantitative estimate of drug-likeness (QED) is 0.827. The minimum Gasteiger partial charge on any atom is -0.481 e. The van der Waals surface area contributed by atoms with Crippen molar-refractivity contribution in [1.29, 1.82) is 0 Å². The number of anilines is 1. The molecule has 0 aromatic carbocycles. The highest BCUT2D eigenvalue weighted by atomic mass is 32.2. The van der Waals surface area contributed by atoms with Gasteiger partial charge in [0.2, 0.25) is 5.88 Å². The van der Waals surface area contributed by atoms with Gasteiger partial charge in [0.15, 0.2) is 5.03 Å². The Bertz CT molecular complexity index is 719. The number of sulfonamides is 1. The Kier molecular flexibility index (Phi) is 4.71. The maximum atomic E-state index is 12.3. The molecule has 2 aromatic heterocycles. The Hall–Kier alpha value is -2.19. The first-order chi connectivity index (χ1) is 10.1. The Morgan fingerprint density at radius 1 is 1.24 bits per heavy atom. The second-order valence-corrected chi connectivity index (χ2v) is 5.82. The van der Waals surface area contributed by atoms with Crippen molar-refractivity contribution in [3.8, 4) is 5.88 Å². The van der Waals surface area contributed by atoms with E-state index in [2.05, 4.69) is 20.0 Å². The monoisotopic (exact) mass is 308 g/mol. The number of methoxy groups -OCH3 is 1. The highest BCUT2D eigenvalue weighted by Crippen LogP contribution is 2.17. The van der Waals surface area contributed by atoms with Gasteiger partial charge in [0, 0.05) is 32.1 Å². The lowest BCUT2D eigenvalue weighted by molar-refractivity contribution is 0.397. The SMILES string of the molecule is CNc1cccnc1S(=O)(=O)NCc1ccnc(OC)c1. The van der Waals surface area contributed by atoms with Gasteiger partial charge in [-0.15, -0.1) is 0 Å². The fourth-order valence-corrected chi connectivity index (χ4v) is 2.87. The van der Waals surface area contributed by atoms with Crippen LogP contribution in [0.1, 0.15) is 5.56 Å². The summed E-state index contributed by atoms with van der Waals surface area (Å²) >= 11 is 0. The van der Waals surface area contributed by atoms with E-state index in [1.165, 1.54) is 13.3 Å². The molecule has 21 heavy (non-hydrogen) atoms. The van der Waals surface area contributed by atoms with Gasteiger partial charge in [0.05, 0.1) is 12.8 Å². The molecule has 7 nitrogen and oxygen atoms in total. The molecule has 8 heteroatoms. The van der Waals surface area contributed by atoms with Crippen LogP contribution in [0.5, 0.6) is 5.88 Å². The Morgan fingerprint density at radius 2 is 2.05 bits per heavy atom. The summed E-state index contributed by atoms with van der Waals surface area (Å²) in [7, 11) is -0.560. The van der Waals surface area contributed by atoms with Gasteiger partial charge in [-0.3, -0.25) is 0 Å². The highest BCUT2D eigenvalue weighted by molar-refractivity contribution is 7.89. The summed E-state index contributed by atoms with van der Waals surface area (Å²) in [6.45, 7) is 0.126. The van der Waals surface area contributed by atoms with Crippen LogP contribution in [0.25, 0.3) is 0 Å². The molecule has 2 rings (SSSR count). The number of nitrogens with zero attached hydrogens (tertiary/aromatic N) is 2. The fraction of sp³-hybridized carbons (Fsp3) is 0.231. The second kappa shape index (κ2) is 6.51. The van der Waals surface area contributed by atoms with Crippen molar-refractivity contribution in [1.82, 2.24) is 14.7 Å². The van der Waals surface area contributed by atoms with E-state index < -0.39 is 10.0 Å². The molecular weight excluding hydrogens is 292 g/mol. The van der Waals surface area contributed by atoms with E-state index >= 15 is 0 Å². The summed E-state index contributed by atoms with van der Waals surface area (Å²) in [6, 6.07) is 6.69. The number of nitrogens with one attached hydrogen (secondary N) is 2. The van der Waals surface area contributed by atoms with E-state index in [1.807, 2.05) is 0 Å². The molecule has 0 aliphatic carbocycles. The van der Waals surface area contributed by atoms with Crippen LogP contribution in [0, 0.1) is 0 Å². The van der Waals surface area contributed by atoms with Crippen molar-refractivity contribution < 1.29 is 13.2 Å². The molecule has 2 heterocycles. The van der Waals surface area contributed by atoms with Crippen LogP contribution in [0.4, 0.5) is 5.69 Å². The van der Waals surface area contributed by atoms with E-state index in [4.69, 9.17) is 4.74 Å². The zero-order valence-electron chi connectivity index (χ0n) is 11.7. The van der Waals surface area contributed by atoms with E-state index in [1.54, 1.807) is 37.5 Å². The first-order valence-electron chi connectivity index (χ1n) is 6.18. The minimum absolute atomic E-state index is 0.0338. The maximum absolute atomic E-state index is 12.3. The molecule has 112 valence electrons. The molecule has 0 unspecified atom stereocenters. The third-order valence-electron chi connectivity index (χ3n) is 2.77. The molecule has 0 spiro atoms. The lowest BCUT2D eigenvalue weighted by atomic mass is 10.3. The summed E-state index contributed by atoms with van der Waals surface area (Å²) in [6.07, 6.45) is 2.99.